The zero-order chi connectivity index (χ0) is 22.0. The lowest BCUT2D eigenvalue weighted by Gasteiger charge is -2.08. The van der Waals surface area contributed by atoms with Crippen LogP contribution in [0.4, 0.5) is 10.8 Å². The van der Waals surface area contributed by atoms with E-state index < -0.39 is 0 Å². The summed E-state index contributed by atoms with van der Waals surface area (Å²) in [6.07, 6.45) is 0. The lowest BCUT2D eigenvalue weighted by Crippen LogP contribution is -2.12. The second kappa shape index (κ2) is 8.91. The average Bonchev–Trinajstić information content (AvgIpc) is 3.27. The van der Waals surface area contributed by atoms with Gasteiger partial charge in [-0.25, -0.2) is 4.98 Å². The van der Waals surface area contributed by atoms with Crippen LogP contribution in [0.2, 0.25) is 0 Å². The molecule has 0 spiro atoms. The zero-order valence-electron chi connectivity index (χ0n) is 17.2. The van der Waals surface area contributed by atoms with E-state index in [-0.39, 0.29) is 11.8 Å². The number of thioether (sulfide) groups is 1. The van der Waals surface area contributed by atoms with Gasteiger partial charge in [0.25, 0.3) is 5.91 Å². The third-order valence-corrected chi connectivity index (χ3v) is 6.65. The Kier molecular flexibility index (Phi) is 6.06. The molecule has 0 aliphatic rings. The van der Waals surface area contributed by atoms with Gasteiger partial charge in [0.2, 0.25) is 5.91 Å². The minimum absolute atomic E-state index is 0.136. The van der Waals surface area contributed by atoms with Gasteiger partial charge in [0.15, 0.2) is 5.13 Å². The molecule has 4 rings (SSSR count). The van der Waals surface area contributed by atoms with Gasteiger partial charge in [-0.05, 0) is 44.2 Å². The van der Waals surface area contributed by atoms with Crippen LogP contribution in [0.15, 0.2) is 51.9 Å². The molecule has 0 unspecified atom stereocenters. The highest BCUT2D eigenvalue weighted by Gasteiger charge is 2.16. The van der Waals surface area contributed by atoms with Crippen molar-refractivity contribution >= 4 is 55.9 Å². The molecule has 0 saturated carbocycles. The molecule has 4 aromatic rings. The van der Waals surface area contributed by atoms with E-state index in [9.17, 15) is 9.59 Å². The van der Waals surface area contributed by atoms with Crippen molar-refractivity contribution in [1.82, 2.24) is 10.1 Å². The molecule has 7 nitrogen and oxygen atoms in total. The van der Waals surface area contributed by atoms with Crippen LogP contribution in [-0.4, -0.2) is 22.0 Å². The standard InChI is InChI=1S/C22H20N4O3S2/c1-12-17(13(2)29-26-12)11-30-19-7-5-4-6-16(19)21(28)25-22-24-18-9-8-15(23-14(3)27)10-20(18)31-22/h4-10H,11H2,1-3H3,(H,23,27)(H,24,25,28). The molecule has 0 saturated heterocycles. The van der Waals surface area contributed by atoms with Gasteiger partial charge in [0.1, 0.15) is 5.76 Å². The average molecular weight is 453 g/mol. The maximum atomic E-state index is 13.0. The number of aryl methyl sites for hydroxylation is 2. The summed E-state index contributed by atoms with van der Waals surface area (Å²) >= 11 is 2.93. The Hall–Kier alpha value is -3.17. The quantitative estimate of drug-likeness (QED) is 0.380. The fourth-order valence-corrected chi connectivity index (χ4v) is 5.16. The number of carbonyl (C=O) groups excluding carboxylic acids is 2. The maximum absolute atomic E-state index is 13.0. The first-order valence-corrected chi connectivity index (χ1v) is 11.3. The van der Waals surface area contributed by atoms with Crippen LogP contribution < -0.4 is 10.6 Å². The smallest absolute Gasteiger partial charge is 0.258 e. The number of hydrogen-bond acceptors (Lipinski definition) is 7. The van der Waals surface area contributed by atoms with Gasteiger partial charge in [-0.2, -0.15) is 0 Å². The van der Waals surface area contributed by atoms with Crippen molar-refractivity contribution in [3.05, 3.63) is 65.0 Å². The largest absolute Gasteiger partial charge is 0.361 e. The molecular formula is C22H20N4O3S2. The second-order valence-electron chi connectivity index (χ2n) is 6.92. The lowest BCUT2D eigenvalue weighted by atomic mass is 10.2. The molecule has 2 heterocycles. The van der Waals surface area contributed by atoms with Crippen LogP contribution in [0.5, 0.6) is 0 Å². The van der Waals surface area contributed by atoms with Gasteiger partial charge in [-0.1, -0.05) is 28.6 Å². The summed E-state index contributed by atoms with van der Waals surface area (Å²) in [5.74, 6) is 1.10. The Balaban J connectivity index is 1.51. The van der Waals surface area contributed by atoms with Crippen LogP contribution in [0.1, 0.15) is 34.3 Å². The molecular weight excluding hydrogens is 432 g/mol. The minimum atomic E-state index is -0.219. The molecule has 0 bridgehead atoms. The van der Waals surface area contributed by atoms with E-state index in [0.29, 0.717) is 22.1 Å². The van der Waals surface area contributed by atoms with Crippen LogP contribution >= 0.6 is 23.1 Å². The van der Waals surface area contributed by atoms with E-state index in [1.807, 2.05) is 44.2 Å². The molecule has 2 aromatic heterocycles. The number of aromatic nitrogens is 2. The SMILES string of the molecule is CC(=O)Nc1ccc2nc(NC(=O)c3ccccc3SCc3c(C)noc3C)sc2c1. The van der Waals surface area contributed by atoms with E-state index in [1.54, 1.807) is 23.9 Å². The molecule has 0 aliphatic carbocycles. The maximum Gasteiger partial charge on any atom is 0.258 e. The number of benzene rings is 2. The van der Waals surface area contributed by atoms with Crippen molar-refractivity contribution in [3.63, 3.8) is 0 Å². The molecule has 0 radical (unpaired) electrons. The number of nitrogens with zero attached hydrogens (tertiary/aromatic N) is 2. The normalized spacial score (nSPS) is 10.9. The predicted octanol–water partition coefficient (Wildman–Crippen LogP) is 5.40. The fraction of sp³-hybridized carbons (Fsp3) is 0.182. The lowest BCUT2D eigenvalue weighted by molar-refractivity contribution is -0.114. The molecule has 158 valence electrons. The van der Waals surface area contributed by atoms with Gasteiger partial charge >= 0.3 is 0 Å². The summed E-state index contributed by atoms with van der Waals surface area (Å²) in [5, 5.41) is 10.1. The van der Waals surface area contributed by atoms with E-state index in [4.69, 9.17) is 4.52 Å². The monoisotopic (exact) mass is 452 g/mol. The molecule has 31 heavy (non-hydrogen) atoms. The second-order valence-corrected chi connectivity index (χ2v) is 8.97. The number of fused-ring (bicyclic) bond motifs is 1. The van der Waals surface area contributed by atoms with Crippen molar-refractivity contribution < 1.29 is 14.1 Å². The van der Waals surface area contributed by atoms with Gasteiger partial charge in [0.05, 0.1) is 21.5 Å². The first-order chi connectivity index (χ1) is 14.9. The fourth-order valence-electron chi connectivity index (χ4n) is 3.06. The van der Waals surface area contributed by atoms with Crippen molar-refractivity contribution in [2.45, 2.75) is 31.4 Å². The molecule has 2 amide bonds. The third kappa shape index (κ3) is 4.78. The van der Waals surface area contributed by atoms with E-state index in [0.717, 1.165) is 32.1 Å². The van der Waals surface area contributed by atoms with Crippen LogP contribution in [-0.2, 0) is 10.5 Å². The van der Waals surface area contributed by atoms with Crippen LogP contribution in [0.25, 0.3) is 10.2 Å². The third-order valence-electron chi connectivity index (χ3n) is 4.61. The van der Waals surface area contributed by atoms with Gasteiger partial charge in [-0.3, -0.25) is 14.9 Å². The number of amides is 2. The molecule has 2 aromatic carbocycles. The highest BCUT2D eigenvalue weighted by Crippen LogP contribution is 2.31. The number of nitrogens with one attached hydrogen (secondary N) is 2. The predicted molar refractivity (Wildman–Crippen MR) is 124 cm³/mol. The van der Waals surface area contributed by atoms with Gasteiger partial charge in [0, 0.05) is 28.8 Å². The number of rotatable bonds is 6. The summed E-state index contributed by atoms with van der Waals surface area (Å²) in [6, 6.07) is 12.9. The van der Waals surface area contributed by atoms with Crippen molar-refractivity contribution in [2.24, 2.45) is 0 Å². The molecule has 0 aliphatic heterocycles. The Morgan fingerprint density at radius 3 is 2.68 bits per heavy atom. The Bertz CT molecular complexity index is 1260. The summed E-state index contributed by atoms with van der Waals surface area (Å²) in [7, 11) is 0. The van der Waals surface area contributed by atoms with Crippen molar-refractivity contribution in [2.75, 3.05) is 10.6 Å². The van der Waals surface area contributed by atoms with Gasteiger partial charge < -0.3 is 9.84 Å². The first kappa shape index (κ1) is 21.1. The highest BCUT2D eigenvalue weighted by atomic mass is 32.2. The Labute approximate surface area is 187 Å². The minimum Gasteiger partial charge on any atom is -0.361 e. The van der Waals surface area contributed by atoms with Crippen LogP contribution in [0.3, 0.4) is 0 Å². The van der Waals surface area contributed by atoms with Crippen molar-refractivity contribution in [1.29, 1.82) is 0 Å². The molecule has 0 atom stereocenters. The number of thiazole rings is 1. The molecule has 0 fully saturated rings. The summed E-state index contributed by atoms with van der Waals surface area (Å²) < 4.78 is 6.10. The molecule has 9 heteroatoms. The van der Waals surface area contributed by atoms with E-state index in [1.165, 1.54) is 18.3 Å². The van der Waals surface area contributed by atoms with Gasteiger partial charge in [-0.15, -0.1) is 11.8 Å². The molecule has 2 N–H and O–H groups in total. The van der Waals surface area contributed by atoms with Crippen molar-refractivity contribution in [3.8, 4) is 0 Å². The van der Waals surface area contributed by atoms with E-state index >= 15 is 0 Å². The zero-order valence-corrected chi connectivity index (χ0v) is 18.8. The number of carbonyl (C=O) groups is 2. The number of anilines is 2. The first-order valence-electron chi connectivity index (χ1n) is 9.54. The van der Waals surface area contributed by atoms with E-state index in [2.05, 4.69) is 20.8 Å². The Morgan fingerprint density at radius 2 is 1.94 bits per heavy atom. The number of hydrogen-bond donors (Lipinski definition) is 2. The topological polar surface area (TPSA) is 97.1 Å². The summed E-state index contributed by atoms with van der Waals surface area (Å²) in [4.78, 5) is 29.6. The Morgan fingerprint density at radius 1 is 1.13 bits per heavy atom. The summed E-state index contributed by atoms with van der Waals surface area (Å²) in [5.41, 5.74) is 3.94. The summed E-state index contributed by atoms with van der Waals surface area (Å²) in [6.45, 7) is 5.26. The highest BCUT2D eigenvalue weighted by molar-refractivity contribution is 7.98. The van der Waals surface area contributed by atoms with Crippen LogP contribution in [0, 0.1) is 13.8 Å².